The highest BCUT2D eigenvalue weighted by Crippen LogP contribution is 2.15. The van der Waals surface area contributed by atoms with Crippen LogP contribution in [0.2, 0.25) is 0 Å². The quantitative estimate of drug-likeness (QED) is 0.0302. The van der Waals surface area contributed by atoms with Crippen LogP contribution in [0, 0.1) is 0 Å². The van der Waals surface area contributed by atoms with Gasteiger partial charge in [-0.05, 0) is 12.8 Å². The second-order valence-electron chi connectivity index (χ2n) is 24.3. The number of nitrogens with two attached hydrogens (primary N) is 1. The van der Waals surface area contributed by atoms with Crippen molar-refractivity contribution in [2.45, 2.75) is 219 Å². The average Bonchev–Trinajstić information content (AvgIpc) is 3.63. The molecule has 0 fully saturated rings. The highest BCUT2D eigenvalue weighted by Gasteiger charge is 2.08. The summed E-state index contributed by atoms with van der Waals surface area (Å²) in [7, 11) is 0. The van der Waals surface area contributed by atoms with E-state index < -0.39 is 0 Å². The van der Waals surface area contributed by atoms with Crippen LogP contribution in [-0.4, -0.2) is 246 Å². The number of hydrogen-bond acceptors (Lipinski definition) is 18. The molecular formula is C72H142N7O18+. The van der Waals surface area contributed by atoms with Gasteiger partial charge in [-0.2, -0.15) is 0 Å². The summed E-state index contributed by atoms with van der Waals surface area (Å²) in [5.41, 5.74) is 0. The number of carbonyl (C=O) groups is 6. The molecule has 0 aliphatic rings. The number of hydrogen-bond donors (Lipinski definition) is 7. The normalized spacial score (nSPS) is 11.3. The molecule has 0 aromatic carbocycles. The highest BCUT2D eigenvalue weighted by atomic mass is 16.6. The molecule has 25 heteroatoms. The summed E-state index contributed by atoms with van der Waals surface area (Å²) < 4.78 is 66.3. The Labute approximate surface area is 586 Å². The fourth-order valence-electron chi connectivity index (χ4n) is 9.78. The third-order valence-electron chi connectivity index (χ3n) is 15.5. The summed E-state index contributed by atoms with van der Waals surface area (Å²) in [4.78, 5) is 72.4. The largest absolute Gasteiger partial charge is 0.379 e. The Hall–Kier alpha value is -3.70. The van der Waals surface area contributed by atoms with Gasteiger partial charge >= 0.3 is 0 Å². The summed E-state index contributed by atoms with van der Waals surface area (Å²) in [5, 5.41) is 19.1. The van der Waals surface area contributed by atoms with E-state index >= 15 is 0 Å². The number of amides is 6. The molecule has 572 valence electrons. The van der Waals surface area contributed by atoms with Crippen LogP contribution in [0.4, 0.5) is 0 Å². The molecule has 0 aromatic rings. The van der Waals surface area contributed by atoms with Gasteiger partial charge in [0, 0.05) is 77.8 Å². The molecule has 6 amide bonds. The molecule has 0 bridgehead atoms. The van der Waals surface area contributed by atoms with Crippen molar-refractivity contribution in [3.8, 4) is 0 Å². The number of quaternary nitrogens is 1. The Bertz CT molecular complexity index is 1600. The van der Waals surface area contributed by atoms with Gasteiger partial charge in [0.2, 0.25) is 35.4 Å². The zero-order valence-electron chi connectivity index (χ0n) is 61.2. The van der Waals surface area contributed by atoms with Crippen LogP contribution in [0.3, 0.4) is 0 Å². The Morgan fingerprint density at radius 1 is 0.196 bits per heavy atom. The van der Waals surface area contributed by atoms with E-state index in [4.69, 9.17) is 56.8 Å². The van der Waals surface area contributed by atoms with Gasteiger partial charge in [0.05, 0.1) is 172 Å². The van der Waals surface area contributed by atoms with Crippen molar-refractivity contribution in [1.82, 2.24) is 31.9 Å². The molecule has 0 saturated carbocycles. The van der Waals surface area contributed by atoms with Gasteiger partial charge in [0.15, 0.2) is 0 Å². The zero-order valence-corrected chi connectivity index (χ0v) is 61.2. The van der Waals surface area contributed by atoms with Gasteiger partial charge < -0.3 is 94.1 Å². The smallest absolute Gasteiger partial charge is 0.222 e. The van der Waals surface area contributed by atoms with Gasteiger partial charge in [-0.15, -0.1) is 0 Å². The van der Waals surface area contributed by atoms with Crippen LogP contribution in [0.5, 0.6) is 0 Å². The van der Waals surface area contributed by atoms with Gasteiger partial charge in [0.25, 0.3) is 0 Å². The second-order valence-corrected chi connectivity index (χ2v) is 24.3. The van der Waals surface area contributed by atoms with Crippen LogP contribution in [0.1, 0.15) is 219 Å². The van der Waals surface area contributed by atoms with Crippen LogP contribution in [0.15, 0.2) is 0 Å². The van der Waals surface area contributed by atoms with E-state index in [-0.39, 0.29) is 87.6 Å². The Kier molecular flexibility index (Phi) is 78.2. The van der Waals surface area contributed by atoms with Gasteiger partial charge in [-0.25, -0.2) is 0 Å². The van der Waals surface area contributed by atoms with Crippen molar-refractivity contribution in [2.75, 3.05) is 211 Å². The second kappa shape index (κ2) is 81.3. The maximum atomic E-state index is 12.1. The maximum absolute atomic E-state index is 12.1. The van der Waals surface area contributed by atoms with Gasteiger partial charge in [-0.1, -0.05) is 168 Å². The molecule has 0 aliphatic carbocycles. The lowest BCUT2D eigenvalue weighted by atomic mass is 10.0. The first-order valence-electron chi connectivity index (χ1n) is 38.1. The van der Waals surface area contributed by atoms with Crippen molar-refractivity contribution < 1.29 is 90.9 Å². The molecule has 0 unspecified atom stereocenters. The molecule has 0 spiro atoms. The summed E-state index contributed by atoms with van der Waals surface area (Å²) in [6.45, 7) is 18.2. The summed E-state index contributed by atoms with van der Waals surface area (Å²) >= 11 is 0. The molecule has 0 heterocycles. The van der Waals surface area contributed by atoms with Crippen molar-refractivity contribution in [3.05, 3.63) is 0 Å². The maximum Gasteiger partial charge on any atom is 0.222 e. The summed E-state index contributed by atoms with van der Waals surface area (Å²) in [6.07, 6.45) is 35.4. The molecule has 0 aromatic heterocycles. The Morgan fingerprint density at radius 3 is 0.588 bits per heavy atom. The first kappa shape index (κ1) is 93.3. The fraction of sp³-hybridized carbons (Fsp3) is 0.917. The minimum atomic E-state index is -0.140. The molecule has 0 radical (unpaired) electrons. The molecule has 97 heavy (non-hydrogen) atoms. The Morgan fingerprint density at radius 2 is 0.361 bits per heavy atom. The predicted octanol–water partition coefficient (Wildman–Crippen LogP) is 6.97. The molecule has 25 nitrogen and oxygen atoms in total. The van der Waals surface area contributed by atoms with Gasteiger partial charge in [-0.3, -0.25) is 28.8 Å². The van der Waals surface area contributed by atoms with E-state index in [1.807, 2.05) is 0 Å². The third-order valence-corrected chi connectivity index (χ3v) is 15.5. The molecule has 0 saturated heterocycles. The number of nitrogens with one attached hydrogen (secondary N) is 6. The topological polar surface area (TPSA) is 302 Å². The minimum Gasteiger partial charge on any atom is -0.379 e. The summed E-state index contributed by atoms with van der Waals surface area (Å²) in [6, 6.07) is 0. The van der Waals surface area contributed by atoms with E-state index in [1.54, 1.807) is 0 Å². The zero-order chi connectivity index (χ0) is 70.2. The lowest BCUT2D eigenvalue weighted by Gasteiger charge is -2.09. The first-order valence-corrected chi connectivity index (χ1v) is 38.1. The van der Waals surface area contributed by atoms with Crippen LogP contribution in [0.25, 0.3) is 0 Å². The summed E-state index contributed by atoms with van der Waals surface area (Å²) in [5.74, 6) is -0.422. The number of carbonyl (C=O) groups excluding carboxylic acids is 6. The van der Waals surface area contributed by atoms with Crippen LogP contribution >= 0.6 is 0 Å². The van der Waals surface area contributed by atoms with Crippen molar-refractivity contribution in [2.24, 2.45) is 0 Å². The van der Waals surface area contributed by atoms with E-state index in [0.717, 1.165) is 38.8 Å². The molecule has 0 rings (SSSR count). The lowest BCUT2D eigenvalue weighted by Crippen LogP contribution is -2.86. The van der Waals surface area contributed by atoms with Gasteiger partial charge in [0.1, 0.15) is 0 Å². The molecule has 0 aliphatic heterocycles. The standard InChI is InChI=1S/C72H141N7O18/c1-3-5-7-9-11-13-15-17-19-21-23-25-27-29-67(80)74-39-51-90-53-41-78-69(82)31-43-86-49-37-76-71(84)33-45-88-55-59-94-63-65-96-61-57-92-47-35-73-36-48-93-58-62-97-66-64-95-60-56-89-46-34-72(85)77-38-50-87-44-32-70(83)79-42-54-91-52-40-75-68(81)30-28-26-24-22-20-18-16-14-12-10-8-6-4-2/h73H,3-66H2,1-2H3,(H,74,80)(H,75,81)(H,76,84)(H,77,85)(H,78,82)(H,79,83)/p+1. The van der Waals surface area contributed by atoms with Crippen LogP contribution in [-0.2, 0) is 85.6 Å². The van der Waals surface area contributed by atoms with Crippen molar-refractivity contribution >= 4 is 35.4 Å². The van der Waals surface area contributed by atoms with Crippen molar-refractivity contribution in [1.29, 1.82) is 0 Å². The lowest BCUT2D eigenvalue weighted by molar-refractivity contribution is -0.657. The molecule has 8 N–H and O–H groups in total. The monoisotopic (exact) mass is 1390 g/mol. The highest BCUT2D eigenvalue weighted by molar-refractivity contribution is 5.77. The number of rotatable bonds is 82. The Balaban J connectivity index is 3.31. The molecule has 0 atom stereocenters. The van der Waals surface area contributed by atoms with E-state index in [9.17, 15) is 28.8 Å². The fourth-order valence-corrected chi connectivity index (χ4v) is 9.78. The van der Waals surface area contributed by atoms with Crippen molar-refractivity contribution in [3.63, 3.8) is 0 Å². The van der Waals surface area contributed by atoms with Crippen LogP contribution < -0.4 is 37.2 Å². The first-order chi connectivity index (χ1) is 47.8. The number of unbranched alkanes of at least 4 members (excludes halogenated alkanes) is 24. The average molecular weight is 1390 g/mol. The number of ether oxygens (including phenoxy) is 12. The molecular weight excluding hydrogens is 1250 g/mol. The van der Waals surface area contributed by atoms with E-state index in [0.29, 0.717) is 184 Å². The SMILES string of the molecule is CCCCCCCCCCCCCCCC(=O)NCCOCCNC(=O)CCOCCNC(=O)CCOCCOCCOCCOCC[NH2+]CCOCCOCCOCCOCCC(=O)NCCOCCC(=O)NCCOCCNC(=O)CCCCCCCCCCCCCCC. The minimum absolute atomic E-state index is 0.0658. The third kappa shape index (κ3) is 81.2. The van der Waals surface area contributed by atoms with E-state index in [2.05, 4.69) is 51.1 Å². The predicted molar refractivity (Wildman–Crippen MR) is 379 cm³/mol. The van der Waals surface area contributed by atoms with E-state index in [1.165, 1.54) is 141 Å².